The maximum Gasteiger partial charge on any atom is 0.255 e. The number of carbonyl (C=O) groups is 1. The number of amides is 1. The molecule has 2 aromatic carbocycles. The summed E-state index contributed by atoms with van der Waals surface area (Å²) in [4.78, 5) is 14.9. The van der Waals surface area contributed by atoms with Crippen LogP contribution in [0.2, 0.25) is 0 Å². The van der Waals surface area contributed by atoms with Crippen molar-refractivity contribution in [1.82, 2.24) is 0 Å². The van der Waals surface area contributed by atoms with Crippen molar-refractivity contribution in [3.05, 3.63) is 53.6 Å². The Morgan fingerprint density at radius 1 is 1.08 bits per heavy atom. The second-order valence-electron chi connectivity index (χ2n) is 6.36. The molecule has 0 heterocycles. The van der Waals surface area contributed by atoms with Gasteiger partial charge in [-0.05, 0) is 69.2 Å². The molecule has 0 bridgehead atoms. The van der Waals surface area contributed by atoms with Gasteiger partial charge in [-0.3, -0.25) is 4.79 Å². The smallest absolute Gasteiger partial charge is 0.255 e. The van der Waals surface area contributed by atoms with Crippen LogP contribution in [0.25, 0.3) is 0 Å². The Morgan fingerprint density at radius 2 is 1.85 bits per heavy atom. The highest BCUT2D eigenvalue weighted by Crippen LogP contribution is 2.23. The number of hydrogen-bond donors (Lipinski definition) is 1. The van der Waals surface area contributed by atoms with Crippen LogP contribution in [0.3, 0.4) is 0 Å². The van der Waals surface area contributed by atoms with Crippen LogP contribution in [-0.4, -0.2) is 25.6 Å². The van der Waals surface area contributed by atoms with Crippen molar-refractivity contribution in [2.75, 3.05) is 29.9 Å². The number of rotatable bonds is 9. The van der Waals surface area contributed by atoms with Gasteiger partial charge in [0.05, 0.1) is 6.61 Å². The molecule has 0 saturated carbocycles. The fourth-order valence-corrected chi connectivity index (χ4v) is 2.83. The van der Waals surface area contributed by atoms with Gasteiger partial charge >= 0.3 is 0 Å². The normalized spacial score (nSPS) is 10.5. The number of benzene rings is 2. The Bertz CT molecular complexity index is 724. The van der Waals surface area contributed by atoms with Gasteiger partial charge in [0.1, 0.15) is 5.75 Å². The second-order valence-corrected chi connectivity index (χ2v) is 6.36. The monoisotopic (exact) mass is 354 g/mol. The second kappa shape index (κ2) is 9.85. The third kappa shape index (κ3) is 5.25. The number of hydrogen-bond acceptors (Lipinski definition) is 3. The molecule has 140 valence electrons. The van der Waals surface area contributed by atoms with Gasteiger partial charge in [0, 0.05) is 30.0 Å². The lowest BCUT2D eigenvalue weighted by atomic mass is 10.1. The number of nitrogens with zero attached hydrogens (tertiary/aromatic N) is 1. The Morgan fingerprint density at radius 3 is 2.50 bits per heavy atom. The van der Waals surface area contributed by atoms with Crippen LogP contribution in [0, 0.1) is 6.92 Å². The molecule has 0 fully saturated rings. The van der Waals surface area contributed by atoms with E-state index in [-0.39, 0.29) is 5.91 Å². The largest absolute Gasteiger partial charge is 0.494 e. The molecule has 0 aliphatic heterocycles. The third-order valence-corrected chi connectivity index (χ3v) is 4.45. The number of unbranched alkanes of at least 4 members (excludes halogenated alkanes) is 1. The average molecular weight is 354 g/mol. The molecule has 2 aromatic rings. The van der Waals surface area contributed by atoms with Crippen molar-refractivity contribution in [2.24, 2.45) is 0 Å². The lowest BCUT2D eigenvalue weighted by molar-refractivity contribution is 0.102. The van der Waals surface area contributed by atoms with Gasteiger partial charge in [0.15, 0.2) is 0 Å². The van der Waals surface area contributed by atoms with Gasteiger partial charge in [-0.2, -0.15) is 0 Å². The zero-order valence-corrected chi connectivity index (χ0v) is 16.3. The summed E-state index contributed by atoms with van der Waals surface area (Å²) < 4.78 is 5.69. The summed E-state index contributed by atoms with van der Waals surface area (Å²) in [5, 5.41) is 3.01. The lowest BCUT2D eigenvalue weighted by Crippen LogP contribution is -2.22. The van der Waals surface area contributed by atoms with Crippen LogP contribution in [0.15, 0.2) is 42.5 Å². The Balaban J connectivity index is 2.08. The van der Waals surface area contributed by atoms with Crippen LogP contribution in [0.1, 0.15) is 49.5 Å². The molecule has 26 heavy (non-hydrogen) atoms. The summed E-state index contributed by atoms with van der Waals surface area (Å²) in [5.74, 6) is 0.615. The maximum atomic E-state index is 12.6. The van der Waals surface area contributed by atoms with Gasteiger partial charge in [-0.1, -0.05) is 19.4 Å². The quantitative estimate of drug-likeness (QED) is 0.624. The van der Waals surface area contributed by atoms with Gasteiger partial charge < -0.3 is 15.0 Å². The molecule has 0 aliphatic rings. The van der Waals surface area contributed by atoms with E-state index in [0.29, 0.717) is 12.2 Å². The highest BCUT2D eigenvalue weighted by atomic mass is 16.5. The van der Waals surface area contributed by atoms with Gasteiger partial charge in [-0.25, -0.2) is 0 Å². The summed E-state index contributed by atoms with van der Waals surface area (Å²) in [5.41, 5.74) is 3.67. The van der Waals surface area contributed by atoms with E-state index in [2.05, 4.69) is 43.1 Å². The van der Waals surface area contributed by atoms with Crippen LogP contribution in [-0.2, 0) is 0 Å². The molecule has 4 nitrogen and oxygen atoms in total. The van der Waals surface area contributed by atoms with E-state index in [1.807, 2.05) is 31.2 Å². The number of nitrogens with one attached hydrogen (secondary N) is 1. The molecular formula is C22H30N2O2. The van der Waals surface area contributed by atoms with Crippen LogP contribution >= 0.6 is 0 Å². The van der Waals surface area contributed by atoms with Crippen LogP contribution in [0.5, 0.6) is 5.75 Å². The standard InChI is InChI=1S/C22H30N2O2/c1-5-8-14-26-20-11-9-10-18(16-20)22(25)23-21-13-12-19(15-17(21)4)24(6-2)7-3/h9-13,15-16H,5-8,14H2,1-4H3,(H,23,25). The van der Waals surface area contributed by atoms with Gasteiger partial charge in [0.2, 0.25) is 0 Å². The van der Waals surface area contributed by atoms with E-state index in [9.17, 15) is 4.79 Å². The van der Waals surface area contributed by atoms with Crippen molar-refractivity contribution >= 4 is 17.3 Å². The molecule has 1 amide bonds. The Kier molecular flexibility index (Phi) is 7.52. The van der Waals surface area contributed by atoms with E-state index in [4.69, 9.17) is 4.74 Å². The van der Waals surface area contributed by atoms with Crippen LogP contribution < -0.4 is 15.0 Å². The Hall–Kier alpha value is -2.49. The number of ether oxygens (including phenoxy) is 1. The molecule has 0 aliphatic carbocycles. The highest BCUT2D eigenvalue weighted by Gasteiger charge is 2.10. The minimum absolute atomic E-state index is 0.121. The van der Waals surface area contributed by atoms with E-state index in [1.54, 1.807) is 6.07 Å². The van der Waals surface area contributed by atoms with Crippen molar-refractivity contribution < 1.29 is 9.53 Å². The summed E-state index contributed by atoms with van der Waals surface area (Å²) in [6, 6.07) is 13.5. The molecule has 2 rings (SSSR count). The minimum Gasteiger partial charge on any atom is -0.494 e. The highest BCUT2D eigenvalue weighted by molar-refractivity contribution is 6.05. The van der Waals surface area contributed by atoms with Gasteiger partial charge in [0.25, 0.3) is 5.91 Å². The van der Waals surface area contributed by atoms with Crippen molar-refractivity contribution in [1.29, 1.82) is 0 Å². The summed E-state index contributed by atoms with van der Waals surface area (Å²) >= 11 is 0. The number of aryl methyl sites for hydroxylation is 1. The first-order valence-electron chi connectivity index (χ1n) is 9.48. The molecule has 0 unspecified atom stereocenters. The fraction of sp³-hybridized carbons (Fsp3) is 0.409. The molecule has 1 N–H and O–H groups in total. The van der Waals surface area contributed by atoms with Crippen LogP contribution in [0.4, 0.5) is 11.4 Å². The SMILES string of the molecule is CCCCOc1cccc(C(=O)Nc2ccc(N(CC)CC)cc2C)c1. The zero-order valence-electron chi connectivity index (χ0n) is 16.3. The van der Waals surface area contributed by atoms with E-state index >= 15 is 0 Å². The zero-order chi connectivity index (χ0) is 18.9. The molecule has 0 atom stereocenters. The molecule has 0 spiro atoms. The third-order valence-electron chi connectivity index (χ3n) is 4.45. The minimum atomic E-state index is -0.121. The summed E-state index contributed by atoms with van der Waals surface area (Å²) in [6.45, 7) is 11.0. The average Bonchev–Trinajstić information content (AvgIpc) is 2.65. The number of carbonyl (C=O) groups excluding carboxylic acids is 1. The van der Waals surface area contributed by atoms with Crippen molar-refractivity contribution in [3.8, 4) is 5.75 Å². The van der Waals surface area contributed by atoms with Crippen molar-refractivity contribution in [3.63, 3.8) is 0 Å². The molecule has 0 saturated heterocycles. The fourth-order valence-electron chi connectivity index (χ4n) is 2.83. The number of anilines is 2. The summed E-state index contributed by atoms with van der Waals surface area (Å²) in [6.07, 6.45) is 2.09. The molecular weight excluding hydrogens is 324 g/mol. The first-order valence-corrected chi connectivity index (χ1v) is 9.48. The lowest BCUT2D eigenvalue weighted by Gasteiger charge is -2.22. The Labute approximate surface area is 157 Å². The summed E-state index contributed by atoms with van der Waals surface area (Å²) in [7, 11) is 0. The van der Waals surface area contributed by atoms with E-state index in [1.165, 1.54) is 5.69 Å². The van der Waals surface area contributed by atoms with Crippen molar-refractivity contribution in [2.45, 2.75) is 40.5 Å². The predicted molar refractivity (Wildman–Crippen MR) is 110 cm³/mol. The molecule has 0 radical (unpaired) electrons. The van der Waals surface area contributed by atoms with E-state index < -0.39 is 0 Å². The first kappa shape index (κ1) is 19.8. The molecule has 0 aromatic heterocycles. The topological polar surface area (TPSA) is 41.6 Å². The maximum absolute atomic E-state index is 12.6. The molecule has 4 heteroatoms. The van der Waals surface area contributed by atoms with Gasteiger partial charge in [-0.15, -0.1) is 0 Å². The van der Waals surface area contributed by atoms with E-state index in [0.717, 1.165) is 42.9 Å². The predicted octanol–water partition coefficient (Wildman–Crippen LogP) is 5.27. The first-order chi connectivity index (χ1) is 12.6.